The Hall–Kier alpha value is -3.68. The molecule has 0 unspecified atom stereocenters. The highest BCUT2D eigenvalue weighted by Gasteiger charge is 2.47. The van der Waals surface area contributed by atoms with Gasteiger partial charge in [0.2, 0.25) is 0 Å². The zero-order valence-electron chi connectivity index (χ0n) is 19.4. The van der Waals surface area contributed by atoms with Gasteiger partial charge in [-0.15, -0.1) is 0 Å². The van der Waals surface area contributed by atoms with E-state index >= 15 is 0 Å². The molecule has 1 spiro atoms. The summed E-state index contributed by atoms with van der Waals surface area (Å²) >= 11 is 0. The maximum absolute atomic E-state index is 14.0. The van der Waals surface area contributed by atoms with Gasteiger partial charge in [-0.1, -0.05) is 12.1 Å². The fourth-order valence-corrected chi connectivity index (χ4v) is 5.82. The number of hydrogen-bond acceptors (Lipinski definition) is 5. The Morgan fingerprint density at radius 3 is 2.62 bits per heavy atom. The van der Waals surface area contributed by atoms with E-state index in [4.69, 9.17) is 4.74 Å². The molecule has 0 N–H and O–H groups in total. The predicted octanol–water partition coefficient (Wildman–Crippen LogP) is 4.01. The molecule has 1 aliphatic carbocycles. The lowest BCUT2D eigenvalue weighted by Gasteiger charge is -2.34. The first-order valence-corrected chi connectivity index (χ1v) is 11.8. The van der Waals surface area contributed by atoms with Gasteiger partial charge in [0.25, 0.3) is 0 Å². The molecular formula is C26H27N5O3. The van der Waals surface area contributed by atoms with E-state index in [1.54, 1.807) is 4.52 Å². The van der Waals surface area contributed by atoms with Crippen molar-refractivity contribution >= 4 is 11.6 Å². The van der Waals surface area contributed by atoms with Crippen LogP contribution in [0.2, 0.25) is 0 Å². The first kappa shape index (κ1) is 20.9. The molecule has 6 rings (SSSR count). The average Bonchev–Trinajstić information content (AvgIpc) is 3.51. The Labute approximate surface area is 196 Å². The van der Waals surface area contributed by atoms with Crippen LogP contribution in [0.15, 0.2) is 53.7 Å². The molecule has 1 aromatic carbocycles. The number of nitrogens with zero attached hydrogens (tertiary/aromatic N) is 5. The van der Waals surface area contributed by atoms with Crippen molar-refractivity contribution in [3.05, 3.63) is 70.7 Å². The maximum Gasteiger partial charge on any atom is 0.333 e. The van der Waals surface area contributed by atoms with Crippen LogP contribution in [-0.4, -0.2) is 36.3 Å². The number of ether oxygens (including phenoxy) is 1. The molecular weight excluding hydrogens is 430 g/mol. The van der Waals surface area contributed by atoms with Gasteiger partial charge in [-0.25, -0.2) is 14.3 Å². The van der Waals surface area contributed by atoms with Crippen LogP contribution < -0.4 is 5.69 Å². The highest BCUT2D eigenvalue weighted by molar-refractivity contribution is 5.78. The normalized spacial score (nSPS) is 22.5. The predicted molar refractivity (Wildman–Crippen MR) is 127 cm³/mol. The number of rotatable bonds is 3. The number of hydrogen-bond donors (Lipinski definition) is 0. The Kier molecular flexibility index (Phi) is 4.72. The molecule has 2 aliphatic rings. The summed E-state index contributed by atoms with van der Waals surface area (Å²) in [5.41, 5.74) is 4.96. The smallest absolute Gasteiger partial charge is 0.333 e. The molecule has 0 atom stereocenters. The molecule has 174 valence electrons. The molecule has 2 fully saturated rings. The first-order chi connectivity index (χ1) is 16.5. The summed E-state index contributed by atoms with van der Waals surface area (Å²) < 4.78 is 10.8. The average molecular weight is 458 g/mol. The van der Waals surface area contributed by atoms with Gasteiger partial charge in [0.05, 0.1) is 23.4 Å². The van der Waals surface area contributed by atoms with Crippen LogP contribution >= 0.6 is 0 Å². The van der Waals surface area contributed by atoms with Crippen molar-refractivity contribution in [1.82, 2.24) is 23.7 Å². The summed E-state index contributed by atoms with van der Waals surface area (Å²) in [6.45, 7) is 4.56. The van der Waals surface area contributed by atoms with E-state index in [9.17, 15) is 9.59 Å². The molecule has 8 nitrogen and oxygen atoms in total. The van der Waals surface area contributed by atoms with Crippen molar-refractivity contribution < 1.29 is 9.53 Å². The summed E-state index contributed by atoms with van der Waals surface area (Å²) in [4.78, 5) is 30.6. The van der Waals surface area contributed by atoms with Crippen LogP contribution in [0.3, 0.4) is 0 Å². The van der Waals surface area contributed by atoms with E-state index in [0.717, 1.165) is 66.0 Å². The summed E-state index contributed by atoms with van der Waals surface area (Å²) in [6.07, 6.45) is 7.34. The Balaban J connectivity index is 1.49. The van der Waals surface area contributed by atoms with Gasteiger partial charge in [-0.2, -0.15) is 5.10 Å². The molecule has 4 aromatic rings. The quantitative estimate of drug-likeness (QED) is 0.434. The standard InChI is InChI=1S/C26H27N5O3/c1-17-4-3-5-21(14-17)31-23(19-6-7-22-27-16-28-29(22)15-19)18(2)30(25(31)33)20-8-10-26(11-9-20)12-13-34-24(26)32/h3-7,14-16,20H,8-13H2,1-2H3. The Bertz CT molecular complexity index is 1470. The number of fused-ring (bicyclic) bond motifs is 1. The summed E-state index contributed by atoms with van der Waals surface area (Å²) in [7, 11) is 0. The van der Waals surface area contributed by atoms with Crippen LogP contribution in [0.4, 0.5) is 0 Å². The summed E-state index contributed by atoms with van der Waals surface area (Å²) in [5, 5.41) is 4.29. The summed E-state index contributed by atoms with van der Waals surface area (Å²) in [5.74, 6) is -0.0610. The van der Waals surface area contributed by atoms with Crippen molar-refractivity contribution in [2.24, 2.45) is 5.41 Å². The highest BCUT2D eigenvalue weighted by Crippen LogP contribution is 2.47. The number of aromatic nitrogens is 5. The van der Waals surface area contributed by atoms with Crippen LogP contribution in [0.1, 0.15) is 49.4 Å². The van der Waals surface area contributed by atoms with Crippen molar-refractivity contribution in [3.63, 3.8) is 0 Å². The van der Waals surface area contributed by atoms with Crippen LogP contribution in [0.5, 0.6) is 0 Å². The highest BCUT2D eigenvalue weighted by atomic mass is 16.5. The molecule has 1 aliphatic heterocycles. The lowest BCUT2D eigenvalue weighted by atomic mass is 9.71. The van der Waals surface area contributed by atoms with E-state index in [2.05, 4.69) is 10.1 Å². The molecule has 3 aromatic heterocycles. The molecule has 0 radical (unpaired) electrons. The number of pyridine rings is 1. The van der Waals surface area contributed by atoms with E-state index in [0.29, 0.717) is 6.61 Å². The molecule has 34 heavy (non-hydrogen) atoms. The Morgan fingerprint density at radius 2 is 1.88 bits per heavy atom. The van der Waals surface area contributed by atoms with E-state index in [-0.39, 0.29) is 23.1 Å². The van der Waals surface area contributed by atoms with E-state index < -0.39 is 0 Å². The monoisotopic (exact) mass is 457 g/mol. The van der Waals surface area contributed by atoms with Crippen molar-refractivity contribution in [2.75, 3.05) is 6.61 Å². The van der Waals surface area contributed by atoms with Crippen molar-refractivity contribution in [3.8, 4) is 16.9 Å². The number of cyclic esters (lactones) is 1. The van der Waals surface area contributed by atoms with Gasteiger partial charge in [-0.05, 0) is 75.8 Å². The zero-order chi connectivity index (χ0) is 23.4. The molecule has 4 heterocycles. The lowest BCUT2D eigenvalue weighted by molar-refractivity contribution is -0.148. The molecule has 0 amide bonds. The fourth-order valence-electron chi connectivity index (χ4n) is 5.82. The molecule has 1 saturated heterocycles. The number of imidazole rings is 1. The number of benzene rings is 1. The third-order valence-electron chi connectivity index (χ3n) is 7.66. The minimum atomic E-state index is -0.353. The lowest BCUT2D eigenvalue weighted by Crippen LogP contribution is -2.36. The second-order valence-electron chi connectivity index (χ2n) is 9.64. The fraction of sp³-hybridized carbons (Fsp3) is 0.385. The number of aryl methyl sites for hydroxylation is 1. The number of carbonyl (C=O) groups excluding carboxylic acids is 1. The largest absolute Gasteiger partial charge is 0.465 e. The van der Waals surface area contributed by atoms with Crippen LogP contribution in [0.25, 0.3) is 22.6 Å². The SMILES string of the molecule is Cc1cccc(-n2c(-c3ccc4ncnn4c3)c(C)n(C3CCC4(CCOC4=O)CC3)c2=O)c1. The number of esters is 1. The molecule has 0 bridgehead atoms. The van der Waals surface area contributed by atoms with Crippen LogP contribution in [0, 0.1) is 19.3 Å². The van der Waals surface area contributed by atoms with E-state index in [1.807, 2.05) is 65.6 Å². The van der Waals surface area contributed by atoms with Gasteiger partial charge >= 0.3 is 11.7 Å². The zero-order valence-corrected chi connectivity index (χ0v) is 19.4. The number of carbonyl (C=O) groups is 1. The Morgan fingerprint density at radius 1 is 1.06 bits per heavy atom. The van der Waals surface area contributed by atoms with Crippen molar-refractivity contribution in [1.29, 1.82) is 0 Å². The van der Waals surface area contributed by atoms with E-state index in [1.165, 1.54) is 6.33 Å². The van der Waals surface area contributed by atoms with Gasteiger partial charge in [0.1, 0.15) is 6.33 Å². The van der Waals surface area contributed by atoms with Gasteiger partial charge < -0.3 is 4.74 Å². The second-order valence-corrected chi connectivity index (χ2v) is 9.64. The third-order valence-corrected chi connectivity index (χ3v) is 7.66. The summed E-state index contributed by atoms with van der Waals surface area (Å²) in [6, 6.07) is 12.0. The first-order valence-electron chi connectivity index (χ1n) is 11.8. The molecule has 1 saturated carbocycles. The molecule has 8 heteroatoms. The topological polar surface area (TPSA) is 83.4 Å². The van der Waals surface area contributed by atoms with Crippen molar-refractivity contribution in [2.45, 2.75) is 52.0 Å². The maximum atomic E-state index is 14.0. The van der Waals surface area contributed by atoms with Crippen LogP contribution in [-0.2, 0) is 9.53 Å². The van der Waals surface area contributed by atoms with Gasteiger partial charge in [0, 0.05) is 23.5 Å². The van der Waals surface area contributed by atoms with Gasteiger partial charge in [0.15, 0.2) is 5.65 Å². The third kappa shape index (κ3) is 3.12. The van der Waals surface area contributed by atoms with Gasteiger partial charge in [-0.3, -0.25) is 13.9 Å². The second kappa shape index (κ2) is 7.68. The minimum absolute atomic E-state index is 0.0476. The minimum Gasteiger partial charge on any atom is -0.465 e.